The lowest BCUT2D eigenvalue weighted by Gasteiger charge is -2.31. The zero-order valence-corrected chi connectivity index (χ0v) is 15.0. The van der Waals surface area contributed by atoms with E-state index in [1.807, 2.05) is 12.1 Å². The summed E-state index contributed by atoms with van der Waals surface area (Å²) in [6.45, 7) is 5.30. The second-order valence-corrected chi connectivity index (χ2v) is 6.69. The molecule has 0 amide bonds. The van der Waals surface area contributed by atoms with Gasteiger partial charge in [-0.3, -0.25) is 0 Å². The maximum atomic E-state index is 6.01. The Bertz CT molecular complexity index is 348. The van der Waals surface area contributed by atoms with Gasteiger partial charge in [0.2, 0.25) is 0 Å². The van der Waals surface area contributed by atoms with Crippen molar-refractivity contribution in [3.8, 4) is 5.75 Å². The standard InChI is InChI=1S/C15H22BrIO/c1-3-8-15(11-16,9-4-2)12-18-14-7-5-6-13(17)10-14/h5-7,10H,3-4,8-9,11-12H2,1-2H3. The molecule has 0 heterocycles. The highest BCUT2D eigenvalue weighted by Crippen LogP contribution is 2.33. The van der Waals surface area contributed by atoms with E-state index in [0.29, 0.717) is 0 Å². The van der Waals surface area contributed by atoms with Gasteiger partial charge in [-0.1, -0.05) is 48.7 Å². The third kappa shape index (κ3) is 5.08. The molecule has 0 aliphatic carbocycles. The molecule has 0 saturated carbocycles. The van der Waals surface area contributed by atoms with Crippen molar-refractivity contribution in [1.82, 2.24) is 0 Å². The minimum atomic E-state index is 0.283. The summed E-state index contributed by atoms with van der Waals surface area (Å²) in [5, 5.41) is 1.02. The third-order valence-corrected chi connectivity index (χ3v) is 5.05. The summed E-state index contributed by atoms with van der Waals surface area (Å²) in [6, 6.07) is 8.27. The third-order valence-electron chi connectivity index (χ3n) is 3.19. The summed E-state index contributed by atoms with van der Waals surface area (Å²) in [7, 11) is 0. The van der Waals surface area contributed by atoms with Gasteiger partial charge in [0.25, 0.3) is 0 Å². The lowest BCUT2D eigenvalue weighted by molar-refractivity contribution is 0.144. The maximum Gasteiger partial charge on any atom is 0.120 e. The van der Waals surface area contributed by atoms with E-state index in [1.54, 1.807) is 0 Å². The topological polar surface area (TPSA) is 9.23 Å². The molecule has 18 heavy (non-hydrogen) atoms. The number of halogens is 2. The van der Waals surface area contributed by atoms with E-state index in [4.69, 9.17) is 4.74 Å². The second kappa shape index (κ2) is 8.41. The average Bonchev–Trinajstić information content (AvgIpc) is 2.37. The van der Waals surface area contributed by atoms with E-state index in [0.717, 1.165) is 17.7 Å². The predicted molar refractivity (Wildman–Crippen MR) is 90.7 cm³/mol. The molecule has 0 bridgehead atoms. The lowest BCUT2D eigenvalue weighted by Crippen LogP contribution is -2.30. The number of hydrogen-bond acceptors (Lipinski definition) is 1. The molecule has 0 fully saturated rings. The van der Waals surface area contributed by atoms with E-state index in [1.165, 1.54) is 29.3 Å². The largest absolute Gasteiger partial charge is 0.493 e. The summed E-state index contributed by atoms with van der Waals surface area (Å²) >= 11 is 6.00. The highest BCUT2D eigenvalue weighted by Gasteiger charge is 2.28. The van der Waals surface area contributed by atoms with E-state index < -0.39 is 0 Å². The Morgan fingerprint density at radius 3 is 2.39 bits per heavy atom. The number of ether oxygens (including phenoxy) is 1. The van der Waals surface area contributed by atoms with Crippen molar-refractivity contribution in [2.45, 2.75) is 39.5 Å². The molecule has 0 aliphatic rings. The molecule has 1 aromatic carbocycles. The van der Waals surface area contributed by atoms with Crippen LogP contribution in [0.25, 0.3) is 0 Å². The molecule has 0 unspecified atom stereocenters. The van der Waals surface area contributed by atoms with Gasteiger partial charge in [-0.05, 0) is 53.6 Å². The molecule has 0 spiro atoms. The Hall–Kier alpha value is 0.230. The Morgan fingerprint density at radius 2 is 1.89 bits per heavy atom. The maximum absolute atomic E-state index is 6.01. The van der Waals surface area contributed by atoms with Crippen molar-refractivity contribution in [3.05, 3.63) is 27.8 Å². The highest BCUT2D eigenvalue weighted by molar-refractivity contribution is 14.1. The Balaban J connectivity index is 2.66. The van der Waals surface area contributed by atoms with Gasteiger partial charge in [0.05, 0.1) is 6.61 Å². The molecular weight excluding hydrogens is 403 g/mol. The number of rotatable bonds is 8. The first-order valence-corrected chi connectivity index (χ1v) is 8.80. The van der Waals surface area contributed by atoms with Crippen LogP contribution in [-0.2, 0) is 0 Å². The zero-order valence-electron chi connectivity index (χ0n) is 11.2. The molecule has 0 radical (unpaired) electrons. The van der Waals surface area contributed by atoms with Gasteiger partial charge < -0.3 is 4.74 Å². The summed E-state index contributed by atoms with van der Waals surface area (Å²) in [6.07, 6.45) is 4.86. The molecule has 0 atom stereocenters. The molecule has 0 aromatic heterocycles. The first-order chi connectivity index (χ1) is 8.65. The molecule has 1 rings (SSSR count). The van der Waals surface area contributed by atoms with Gasteiger partial charge in [-0.15, -0.1) is 0 Å². The number of benzene rings is 1. The molecule has 0 N–H and O–H groups in total. The fourth-order valence-electron chi connectivity index (χ4n) is 2.30. The van der Waals surface area contributed by atoms with Crippen LogP contribution in [0, 0.1) is 8.99 Å². The van der Waals surface area contributed by atoms with Gasteiger partial charge in [-0.25, -0.2) is 0 Å². The number of alkyl halides is 1. The second-order valence-electron chi connectivity index (χ2n) is 4.88. The van der Waals surface area contributed by atoms with Crippen molar-refractivity contribution < 1.29 is 4.74 Å². The smallest absolute Gasteiger partial charge is 0.120 e. The fourth-order valence-corrected chi connectivity index (χ4v) is 3.53. The molecule has 1 aromatic rings. The van der Waals surface area contributed by atoms with Gasteiger partial charge >= 0.3 is 0 Å². The Morgan fingerprint density at radius 1 is 1.22 bits per heavy atom. The van der Waals surface area contributed by atoms with Gasteiger partial charge in [0.15, 0.2) is 0 Å². The predicted octanol–water partition coefficient (Wildman–Crippen LogP) is 5.65. The Labute approximate surface area is 133 Å². The highest BCUT2D eigenvalue weighted by atomic mass is 127. The van der Waals surface area contributed by atoms with Gasteiger partial charge in [0.1, 0.15) is 5.75 Å². The summed E-state index contributed by atoms with van der Waals surface area (Å²) < 4.78 is 7.24. The van der Waals surface area contributed by atoms with Gasteiger partial charge in [0, 0.05) is 14.3 Å². The van der Waals surface area contributed by atoms with Crippen molar-refractivity contribution >= 4 is 38.5 Å². The molecule has 3 heteroatoms. The fraction of sp³-hybridized carbons (Fsp3) is 0.600. The van der Waals surface area contributed by atoms with Crippen LogP contribution in [0.5, 0.6) is 5.75 Å². The van der Waals surface area contributed by atoms with Crippen LogP contribution in [0.2, 0.25) is 0 Å². The monoisotopic (exact) mass is 424 g/mol. The summed E-state index contributed by atoms with van der Waals surface area (Å²) in [4.78, 5) is 0. The first kappa shape index (κ1) is 16.3. The van der Waals surface area contributed by atoms with Crippen LogP contribution in [-0.4, -0.2) is 11.9 Å². The molecular formula is C15H22BrIO. The minimum absolute atomic E-state index is 0.283. The van der Waals surface area contributed by atoms with E-state index in [2.05, 4.69) is 64.5 Å². The normalized spacial score (nSPS) is 11.6. The van der Waals surface area contributed by atoms with E-state index in [-0.39, 0.29) is 5.41 Å². The van der Waals surface area contributed by atoms with Crippen molar-refractivity contribution in [3.63, 3.8) is 0 Å². The number of hydrogen-bond donors (Lipinski definition) is 0. The van der Waals surface area contributed by atoms with Crippen LogP contribution in [0.15, 0.2) is 24.3 Å². The average molecular weight is 425 g/mol. The van der Waals surface area contributed by atoms with Crippen LogP contribution < -0.4 is 4.74 Å². The van der Waals surface area contributed by atoms with Crippen LogP contribution in [0.1, 0.15) is 39.5 Å². The van der Waals surface area contributed by atoms with Crippen molar-refractivity contribution in [1.29, 1.82) is 0 Å². The summed E-state index contributed by atoms with van der Waals surface area (Å²) in [5.74, 6) is 0.986. The lowest BCUT2D eigenvalue weighted by atomic mass is 9.82. The van der Waals surface area contributed by atoms with E-state index in [9.17, 15) is 0 Å². The van der Waals surface area contributed by atoms with E-state index >= 15 is 0 Å². The molecule has 0 aliphatic heterocycles. The van der Waals surface area contributed by atoms with Crippen molar-refractivity contribution in [2.24, 2.45) is 5.41 Å². The first-order valence-electron chi connectivity index (χ1n) is 6.60. The minimum Gasteiger partial charge on any atom is -0.493 e. The molecule has 102 valence electrons. The summed E-state index contributed by atoms with van der Waals surface area (Å²) in [5.41, 5.74) is 0.283. The van der Waals surface area contributed by atoms with Crippen LogP contribution >= 0.6 is 38.5 Å². The van der Waals surface area contributed by atoms with Crippen LogP contribution in [0.3, 0.4) is 0 Å². The zero-order chi connectivity index (χ0) is 13.4. The molecule has 1 nitrogen and oxygen atoms in total. The molecule has 0 saturated heterocycles. The van der Waals surface area contributed by atoms with Gasteiger partial charge in [-0.2, -0.15) is 0 Å². The van der Waals surface area contributed by atoms with Crippen LogP contribution in [0.4, 0.5) is 0 Å². The Kier molecular flexibility index (Phi) is 7.61. The van der Waals surface area contributed by atoms with Crippen molar-refractivity contribution in [2.75, 3.05) is 11.9 Å². The SMILES string of the molecule is CCCC(CBr)(CCC)COc1cccc(I)c1. The quantitative estimate of drug-likeness (QED) is 0.387.